The van der Waals surface area contributed by atoms with Gasteiger partial charge in [0.05, 0.1) is 0 Å². The summed E-state index contributed by atoms with van der Waals surface area (Å²) in [6, 6.07) is 4.77. The Morgan fingerprint density at radius 1 is 1.35 bits per heavy atom. The zero-order valence-corrected chi connectivity index (χ0v) is 10.1. The van der Waals surface area contributed by atoms with Gasteiger partial charge < -0.3 is 10.4 Å². The molecule has 0 aliphatic carbocycles. The molecule has 1 aromatic carbocycles. The van der Waals surface area contributed by atoms with Crippen molar-refractivity contribution in [2.24, 2.45) is 5.92 Å². The first-order valence-electron chi connectivity index (χ1n) is 5.72. The minimum atomic E-state index is -0.944. The first kappa shape index (κ1) is 13.6. The summed E-state index contributed by atoms with van der Waals surface area (Å²) >= 11 is 0. The predicted octanol–water partition coefficient (Wildman–Crippen LogP) is 2.59. The fourth-order valence-corrected chi connectivity index (χ4v) is 1.52. The molecule has 0 bridgehead atoms. The zero-order chi connectivity index (χ0) is 12.8. The van der Waals surface area contributed by atoms with Gasteiger partial charge in [-0.25, -0.2) is 4.39 Å². The molecule has 0 saturated heterocycles. The number of carbonyl (C=O) groups is 1. The topological polar surface area (TPSA) is 49.3 Å². The van der Waals surface area contributed by atoms with Crippen molar-refractivity contribution in [3.63, 3.8) is 0 Å². The number of carboxylic acid groups (broad SMARTS) is 1. The minimum Gasteiger partial charge on any atom is -0.480 e. The van der Waals surface area contributed by atoms with Gasteiger partial charge in [0.2, 0.25) is 0 Å². The van der Waals surface area contributed by atoms with Crippen LogP contribution in [0.25, 0.3) is 0 Å². The van der Waals surface area contributed by atoms with Gasteiger partial charge in [0.15, 0.2) is 0 Å². The zero-order valence-electron chi connectivity index (χ0n) is 10.1. The second kappa shape index (κ2) is 6.35. The van der Waals surface area contributed by atoms with E-state index in [9.17, 15) is 9.18 Å². The van der Waals surface area contributed by atoms with Gasteiger partial charge in [-0.05, 0) is 36.6 Å². The van der Waals surface area contributed by atoms with Crippen molar-refractivity contribution < 1.29 is 14.3 Å². The van der Waals surface area contributed by atoms with Crippen molar-refractivity contribution in [1.29, 1.82) is 0 Å². The van der Waals surface area contributed by atoms with Crippen LogP contribution in [0.15, 0.2) is 24.3 Å². The van der Waals surface area contributed by atoms with Crippen LogP contribution in [-0.2, 0) is 4.79 Å². The number of halogens is 1. The van der Waals surface area contributed by atoms with Crippen LogP contribution in [0.2, 0.25) is 0 Å². The molecule has 0 amide bonds. The molecular formula is C13H18FNO2. The first-order valence-corrected chi connectivity index (χ1v) is 5.72. The fraction of sp³-hybridized carbons (Fsp3) is 0.462. The van der Waals surface area contributed by atoms with E-state index in [1.807, 2.05) is 0 Å². The molecule has 1 atom stereocenters. The summed E-state index contributed by atoms with van der Waals surface area (Å²) in [6.45, 7) is 4.79. The highest BCUT2D eigenvalue weighted by Crippen LogP contribution is 2.14. The number of aliphatic carboxylic acids is 1. The van der Waals surface area contributed by atoms with Crippen LogP contribution >= 0.6 is 0 Å². The van der Waals surface area contributed by atoms with Crippen molar-refractivity contribution in [3.05, 3.63) is 35.6 Å². The second-order valence-electron chi connectivity index (χ2n) is 4.46. The molecule has 0 aliphatic heterocycles. The lowest BCUT2D eigenvalue weighted by atomic mass is 10.1. The fourth-order valence-electron chi connectivity index (χ4n) is 1.52. The molecule has 3 nitrogen and oxygen atoms in total. The monoisotopic (exact) mass is 239 g/mol. The number of rotatable bonds is 6. The molecule has 0 spiro atoms. The van der Waals surface area contributed by atoms with Crippen LogP contribution in [-0.4, -0.2) is 17.6 Å². The number of carboxylic acids is 1. The Hall–Kier alpha value is -1.42. The largest absolute Gasteiger partial charge is 0.480 e. The normalized spacial score (nSPS) is 12.7. The summed E-state index contributed by atoms with van der Waals surface area (Å²) in [5.74, 6) is -0.786. The van der Waals surface area contributed by atoms with Gasteiger partial charge in [-0.2, -0.15) is 0 Å². The summed E-state index contributed by atoms with van der Waals surface area (Å²) in [6.07, 6.45) is 0.908. The van der Waals surface area contributed by atoms with Crippen LogP contribution in [0, 0.1) is 11.7 Å². The Morgan fingerprint density at radius 2 is 1.94 bits per heavy atom. The number of nitrogens with one attached hydrogen (secondary N) is 1. The minimum absolute atomic E-state index is 0.361. The third-order valence-electron chi connectivity index (χ3n) is 2.52. The lowest BCUT2D eigenvalue weighted by Crippen LogP contribution is -2.29. The van der Waals surface area contributed by atoms with Crippen molar-refractivity contribution in [2.75, 3.05) is 6.54 Å². The summed E-state index contributed by atoms with van der Waals surface area (Å²) in [5.41, 5.74) is 0.572. The SMILES string of the molecule is CC(C)CCNC(C(=O)O)c1ccc(F)cc1. The van der Waals surface area contributed by atoms with E-state index in [0.717, 1.165) is 6.42 Å². The van der Waals surface area contributed by atoms with Crippen LogP contribution in [0.1, 0.15) is 31.9 Å². The van der Waals surface area contributed by atoms with E-state index in [0.29, 0.717) is 18.0 Å². The van der Waals surface area contributed by atoms with Gasteiger partial charge in [-0.1, -0.05) is 26.0 Å². The molecule has 0 fully saturated rings. The average molecular weight is 239 g/mol. The Bertz CT molecular complexity index is 362. The maximum Gasteiger partial charge on any atom is 0.325 e. The Labute approximate surface area is 101 Å². The molecule has 0 aromatic heterocycles. The summed E-state index contributed by atoms with van der Waals surface area (Å²) < 4.78 is 12.7. The standard InChI is InChI=1S/C13H18FNO2/c1-9(2)7-8-15-12(13(16)17)10-3-5-11(14)6-4-10/h3-6,9,12,15H,7-8H2,1-2H3,(H,16,17). The molecule has 0 saturated carbocycles. The van der Waals surface area contributed by atoms with Gasteiger partial charge in [0.25, 0.3) is 0 Å². The Kier molecular flexibility index (Phi) is 5.10. The molecular weight excluding hydrogens is 221 g/mol. The van der Waals surface area contributed by atoms with E-state index < -0.39 is 12.0 Å². The molecule has 1 rings (SSSR count). The molecule has 0 aliphatic rings. The molecule has 2 N–H and O–H groups in total. The number of hydrogen-bond acceptors (Lipinski definition) is 2. The number of benzene rings is 1. The smallest absolute Gasteiger partial charge is 0.325 e. The number of hydrogen-bond donors (Lipinski definition) is 2. The summed E-state index contributed by atoms with van der Waals surface area (Å²) in [5, 5.41) is 12.1. The molecule has 0 radical (unpaired) electrons. The van der Waals surface area contributed by atoms with Crippen molar-refractivity contribution in [3.8, 4) is 0 Å². The molecule has 1 unspecified atom stereocenters. The highest BCUT2D eigenvalue weighted by atomic mass is 19.1. The Morgan fingerprint density at radius 3 is 2.41 bits per heavy atom. The maximum atomic E-state index is 12.7. The van der Waals surface area contributed by atoms with Crippen LogP contribution in [0.3, 0.4) is 0 Å². The second-order valence-corrected chi connectivity index (χ2v) is 4.46. The Balaban J connectivity index is 2.66. The quantitative estimate of drug-likeness (QED) is 0.802. The third kappa shape index (κ3) is 4.53. The maximum absolute atomic E-state index is 12.7. The predicted molar refractivity (Wildman–Crippen MR) is 64.2 cm³/mol. The molecule has 4 heteroatoms. The van der Waals surface area contributed by atoms with E-state index in [2.05, 4.69) is 19.2 Å². The lowest BCUT2D eigenvalue weighted by Gasteiger charge is -2.15. The average Bonchev–Trinajstić information content (AvgIpc) is 2.25. The highest BCUT2D eigenvalue weighted by molar-refractivity contribution is 5.75. The third-order valence-corrected chi connectivity index (χ3v) is 2.52. The summed E-state index contributed by atoms with van der Waals surface area (Å²) in [7, 11) is 0. The van der Waals surface area contributed by atoms with E-state index in [-0.39, 0.29) is 5.82 Å². The van der Waals surface area contributed by atoms with E-state index >= 15 is 0 Å². The summed E-state index contributed by atoms with van der Waals surface area (Å²) in [4.78, 5) is 11.1. The first-order chi connectivity index (χ1) is 8.00. The van der Waals surface area contributed by atoms with Gasteiger partial charge in [-0.3, -0.25) is 4.79 Å². The van der Waals surface area contributed by atoms with Crippen LogP contribution in [0.4, 0.5) is 4.39 Å². The molecule has 1 aromatic rings. The van der Waals surface area contributed by atoms with Gasteiger partial charge in [-0.15, -0.1) is 0 Å². The lowest BCUT2D eigenvalue weighted by molar-refractivity contribution is -0.139. The van der Waals surface area contributed by atoms with Crippen molar-refractivity contribution >= 4 is 5.97 Å². The molecule has 17 heavy (non-hydrogen) atoms. The van der Waals surface area contributed by atoms with E-state index in [1.165, 1.54) is 24.3 Å². The van der Waals surface area contributed by atoms with Gasteiger partial charge in [0, 0.05) is 0 Å². The molecule has 0 heterocycles. The molecule has 94 valence electrons. The highest BCUT2D eigenvalue weighted by Gasteiger charge is 2.18. The van der Waals surface area contributed by atoms with Crippen LogP contribution in [0.5, 0.6) is 0 Å². The van der Waals surface area contributed by atoms with Crippen molar-refractivity contribution in [2.45, 2.75) is 26.3 Å². The van der Waals surface area contributed by atoms with Gasteiger partial charge >= 0.3 is 5.97 Å². The van der Waals surface area contributed by atoms with E-state index in [4.69, 9.17) is 5.11 Å². The van der Waals surface area contributed by atoms with Crippen molar-refractivity contribution in [1.82, 2.24) is 5.32 Å². The van der Waals surface area contributed by atoms with Gasteiger partial charge in [0.1, 0.15) is 11.9 Å². The van der Waals surface area contributed by atoms with Crippen LogP contribution < -0.4 is 5.32 Å². The van der Waals surface area contributed by atoms with E-state index in [1.54, 1.807) is 0 Å².